The predicted octanol–water partition coefficient (Wildman–Crippen LogP) is 4.33. The molecule has 7 heteroatoms. The van der Waals surface area contributed by atoms with Gasteiger partial charge >= 0.3 is 106 Å². The summed E-state index contributed by atoms with van der Waals surface area (Å²) in [5, 5.41) is 0. The van der Waals surface area contributed by atoms with E-state index in [2.05, 4.69) is 57.1 Å². The predicted molar refractivity (Wildman–Crippen MR) is 81.7 cm³/mol. The van der Waals surface area contributed by atoms with E-state index in [0.717, 1.165) is 0 Å². The van der Waals surface area contributed by atoms with Crippen LogP contribution in [0.3, 0.4) is 0 Å². The summed E-state index contributed by atoms with van der Waals surface area (Å²) in [6.45, 7) is 17.7. The fraction of sp³-hybridized carbons (Fsp3) is 1.00. The minimum absolute atomic E-state index is 0. The van der Waals surface area contributed by atoms with Crippen LogP contribution in [0.15, 0.2) is 0 Å². The molecule has 0 aliphatic rings. The monoisotopic (exact) mass is 400 g/mol. The summed E-state index contributed by atoms with van der Waals surface area (Å²) < 4.78 is 8.68. The third-order valence-corrected chi connectivity index (χ3v) is 10.2. The van der Waals surface area contributed by atoms with Crippen molar-refractivity contribution in [2.45, 2.75) is 65.8 Å². The Hall–Kier alpha value is 1.89. The van der Waals surface area contributed by atoms with Gasteiger partial charge in [0.1, 0.15) is 0 Å². The average Bonchev–Trinajstić information content (AvgIpc) is 1.78. The summed E-state index contributed by atoms with van der Waals surface area (Å²) in [6, 6.07) is 0. The van der Waals surface area contributed by atoms with Crippen molar-refractivity contribution in [1.29, 1.82) is 0 Å². The van der Waals surface area contributed by atoms with Crippen molar-refractivity contribution >= 4 is 45.7 Å². The molecule has 0 aromatic carbocycles. The molecule has 0 radical (unpaired) electrons. The summed E-state index contributed by atoms with van der Waals surface area (Å²) in [4.78, 5) is 0. The Balaban J connectivity index is -0.000000282. The topological polar surface area (TPSA) is 12.5 Å². The molecular weight excluding hydrogens is 376 g/mol. The van der Waals surface area contributed by atoms with Crippen LogP contribution in [0.5, 0.6) is 0 Å². The zero-order valence-corrected chi connectivity index (χ0v) is 18.0. The van der Waals surface area contributed by atoms with Gasteiger partial charge in [0.25, 0.3) is 0 Å². The van der Waals surface area contributed by atoms with Crippen molar-refractivity contribution in [2.24, 2.45) is 0 Å². The third kappa shape index (κ3) is 11.4. The summed E-state index contributed by atoms with van der Waals surface area (Å²) in [5.74, 6) is 0. The van der Waals surface area contributed by atoms with Gasteiger partial charge in [-0.25, -0.2) is 0 Å². The van der Waals surface area contributed by atoms with Crippen molar-refractivity contribution in [3.63, 3.8) is 0 Å². The molecule has 0 amide bonds. The van der Waals surface area contributed by atoms with Gasteiger partial charge in [-0.2, -0.15) is 0 Å². The zero-order chi connectivity index (χ0) is 11.8. The molecule has 17 heavy (non-hydrogen) atoms. The Kier molecular flexibility index (Phi) is 14.3. The molecule has 0 rings (SSSR count). The van der Waals surface area contributed by atoms with Gasteiger partial charge in [0.05, 0.1) is 0 Å². The number of rotatable bonds is 2. The molecule has 0 fully saturated rings. The Morgan fingerprint density at radius 3 is 1.35 bits per heavy atom. The van der Waals surface area contributed by atoms with E-state index >= 15 is 0 Å². The first-order valence-electron chi connectivity index (χ1n) is 5.08. The number of hydrogen-bond donors (Lipinski definition) is 0. The van der Waals surface area contributed by atoms with Crippen LogP contribution in [0.1, 0.15) is 41.5 Å². The van der Waals surface area contributed by atoms with E-state index in [4.69, 9.17) is 4.43 Å². The number of halogens is 3. The Morgan fingerprint density at radius 1 is 0.882 bits per heavy atom. The van der Waals surface area contributed by atoms with Gasteiger partial charge in [-0.05, 0) is 0 Å². The van der Waals surface area contributed by atoms with Gasteiger partial charge in [-0.15, -0.1) is 37.2 Å². The minimum Gasteiger partial charge on any atom is -0.147 e. The van der Waals surface area contributed by atoms with Crippen LogP contribution in [0.4, 0.5) is 0 Å². The van der Waals surface area contributed by atoms with Gasteiger partial charge in [0.2, 0.25) is 0 Å². The molecule has 0 saturated carbocycles. The fourth-order valence-electron chi connectivity index (χ4n) is 1.60. The van der Waals surface area contributed by atoms with Crippen molar-refractivity contribution in [1.82, 2.24) is 2.51 Å². The molecule has 0 N–H and O–H groups in total. The van der Waals surface area contributed by atoms with Crippen LogP contribution in [0.2, 0.25) is 13.1 Å². The zero-order valence-electron chi connectivity index (χ0n) is 12.1. The summed E-state index contributed by atoms with van der Waals surface area (Å²) >= 11 is 1.46. The molecule has 0 aliphatic carbocycles. The third-order valence-electron chi connectivity index (χ3n) is 1.77. The van der Waals surface area contributed by atoms with Gasteiger partial charge in [-0.1, -0.05) is 0 Å². The molecule has 0 spiro atoms. The smallest absolute Gasteiger partial charge is 0.147 e. The quantitative estimate of drug-likeness (QED) is 0.637. The van der Waals surface area contributed by atoms with Crippen molar-refractivity contribution in [3.05, 3.63) is 0 Å². The maximum atomic E-state index is 6.20. The molecule has 0 atom stereocenters. The van der Waals surface area contributed by atoms with Gasteiger partial charge in [0.15, 0.2) is 0 Å². The van der Waals surface area contributed by atoms with Crippen LogP contribution in [0.25, 0.3) is 0 Å². The van der Waals surface area contributed by atoms with Gasteiger partial charge < -0.3 is 0 Å². The van der Waals surface area contributed by atoms with Crippen LogP contribution in [0, 0.1) is 0 Å². The molecule has 0 saturated heterocycles. The first-order chi connectivity index (χ1) is 5.86. The molecule has 107 valence electrons. The maximum Gasteiger partial charge on any atom is -0.147 e. The van der Waals surface area contributed by atoms with Crippen molar-refractivity contribution in [3.8, 4) is 0 Å². The SMILES string of the molecule is CC(C)(C)O[Si](C)(C)[N]([Zr])C(C)(C)C.Cl.Cl.Cl. The summed E-state index contributed by atoms with van der Waals surface area (Å²) in [5.41, 5.74) is 0.190. The van der Waals surface area contributed by atoms with E-state index in [0.29, 0.717) is 0 Å². The first kappa shape index (κ1) is 27.3. The van der Waals surface area contributed by atoms with Crippen LogP contribution < -0.4 is 0 Å². The van der Waals surface area contributed by atoms with Crippen LogP contribution in [-0.4, -0.2) is 22.1 Å². The fourth-order valence-corrected chi connectivity index (χ4v) is 5.14. The second-order valence-corrected chi connectivity index (χ2v) is 11.9. The van der Waals surface area contributed by atoms with Crippen molar-refractivity contribution in [2.75, 3.05) is 0 Å². The normalized spacial score (nSPS) is 12.2. The van der Waals surface area contributed by atoms with Crippen LogP contribution >= 0.6 is 37.2 Å². The van der Waals surface area contributed by atoms with Crippen LogP contribution in [-0.2, 0) is 29.4 Å². The Labute approximate surface area is 142 Å². The molecule has 2 nitrogen and oxygen atoms in total. The molecule has 0 aromatic heterocycles. The Bertz CT molecular complexity index is 205. The standard InChI is InChI=1S/C10H24NOSi.3ClH.Zr/c1-9(2,3)11-13(7,8)12-10(4,5)6;;;;/h1-8H3;3*1H;/q-1;;;;+1. The number of nitrogens with zero attached hydrogens (tertiary/aromatic N) is 1. The molecular formula is C10H27Cl3NOSiZr. The van der Waals surface area contributed by atoms with Gasteiger partial charge in [0, 0.05) is 0 Å². The van der Waals surface area contributed by atoms with E-state index in [-0.39, 0.29) is 48.4 Å². The average molecular weight is 403 g/mol. The molecule has 0 bridgehead atoms. The largest absolute Gasteiger partial charge is 0.147 e. The molecule has 0 aromatic rings. The van der Waals surface area contributed by atoms with E-state index in [1.54, 1.807) is 0 Å². The minimum atomic E-state index is -1.70. The molecule has 0 heterocycles. The van der Waals surface area contributed by atoms with E-state index < -0.39 is 8.48 Å². The second kappa shape index (κ2) is 8.94. The Morgan fingerprint density at radius 2 is 1.18 bits per heavy atom. The van der Waals surface area contributed by atoms with Gasteiger partial charge in [-0.3, -0.25) is 0 Å². The number of hydrogen-bond acceptors (Lipinski definition) is 2. The van der Waals surface area contributed by atoms with Crippen molar-refractivity contribution < 1.29 is 29.4 Å². The second-order valence-electron chi connectivity index (χ2n) is 6.17. The summed E-state index contributed by atoms with van der Waals surface area (Å²) in [6.07, 6.45) is 0. The molecule has 0 aliphatic heterocycles. The summed E-state index contributed by atoms with van der Waals surface area (Å²) in [7, 11) is -1.70. The van der Waals surface area contributed by atoms with E-state index in [1.807, 2.05) is 0 Å². The van der Waals surface area contributed by atoms with E-state index in [9.17, 15) is 0 Å². The maximum absolute atomic E-state index is 6.20. The first-order valence-corrected chi connectivity index (χ1v) is 9.03. The van der Waals surface area contributed by atoms with E-state index in [1.165, 1.54) is 25.0 Å². The molecule has 0 unspecified atom stereocenters.